The average molecular weight is 204 g/mol. The molecule has 0 aliphatic carbocycles. The molecule has 0 atom stereocenters. The third kappa shape index (κ3) is 2.16. The van der Waals surface area contributed by atoms with E-state index in [4.69, 9.17) is 5.11 Å². The Balaban J connectivity index is 2.24. The van der Waals surface area contributed by atoms with E-state index < -0.39 is 5.97 Å². The van der Waals surface area contributed by atoms with Crippen molar-refractivity contribution in [2.24, 2.45) is 0 Å². The van der Waals surface area contributed by atoms with Crippen LogP contribution in [0.1, 0.15) is 0 Å². The van der Waals surface area contributed by atoms with Crippen LogP contribution in [0.5, 0.6) is 0 Å². The molecule has 0 unspecified atom stereocenters. The Hall–Kier alpha value is -2.24. The topological polar surface area (TPSA) is 80.9 Å². The van der Waals surface area contributed by atoms with E-state index in [1.165, 1.54) is 11.0 Å². The van der Waals surface area contributed by atoms with E-state index >= 15 is 0 Å². The van der Waals surface area contributed by atoms with Crippen LogP contribution in [-0.2, 0) is 11.3 Å². The van der Waals surface area contributed by atoms with Gasteiger partial charge in [0.1, 0.15) is 12.9 Å². The molecule has 0 fully saturated rings. The first-order valence-electron chi connectivity index (χ1n) is 4.27. The highest BCUT2D eigenvalue weighted by atomic mass is 16.4. The lowest BCUT2D eigenvalue weighted by molar-refractivity contribution is -0.137. The van der Waals surface area contributed by atoms with Gasteiger partial charge in [-0.1, -0.05) is 0 Å². The van der Waals surface area contributed by atoms with Gasteiger partial charge in [-0.2, -0.15) is 5.10 Å². The van der Waals surface area contributed by atoms with Crippen molar-refractivity contribution in [3.8, 4) is 11.4 Å². The normalized spacial score (nSPS) is 10.1. The Kier molecular flexibility index (Phi) is 2.40. The summed E-state index contributed by atoms with van der Waals surface area (Å²) in [4.78, 5) is 18.3. The maximum Gasteiger partial charge on any atom is 0.325 e. The second-order valence-corrected chi connectivity index (χ2v) is 2.90. The van der Waals surface area contributed by atoms with Gasteiger partial charge in [-0.05, 0) is 12.1 Å². The minimum absolute atomic E-state index is 0.182. The summed E-state index contributed by atoms with van der Waals surface area (Å²) >= 11 is 0. The third-order valence-electron chi connectivity index (χ3n) is 1.77. The van der Waals surface area contributed by atoms with E-state index in [0.717, 1.165) is 5.56 Å². The number of carboxylic acid groups (broad SMARTS) is 1. The standard InChI is InChI=1S/C9H8N4O2/c14-8(15)5-13-6-11-9(12-13)7-1-3-10-4-2-7/h1-4,6H,5H2,(H,14,15). The maximum atomic E-state index is 10.4. The highest BCUT2D eigenvalue weighted by Crippen LogP contribution is 2.11. The molecule has 0 amide bonds. The molecule has 0 saturated carbocycles. The number of aromatic nitrogens is 4. The first kappa shape index (κ1) is 9.32. The zero-order valence-electron chi connectivity index (χ0n) is 7.74. The molecule has 0 radical (unpaired) electrons. The molecule has 0 aliphatic rings. The molecule has 2 heterocycles. The van der Waals surface area contributed by atoms with Gasteiger partial charge in [-0.15, -0.1) is 0 Å². The minimum atomic E-state index is -0.943. The fourth-order valence-corrected chi connectivity index (χ4v) is 1.14. The predicted molar refractivity (Wildman–Crippen MR) is 50.9 cm³/mol. The smallest absolute Gasteiger partial charge is 0.325 e. The summed E-state index contributed by atoms with van der Waals surface area (Å²) in [6.45, 7) is -0.182. The van der Waals surface area contributed by atoms with Gasteiger partial charge in [0.25, 0.3) is 0 Å². The van der Waals surface area contributed by atoms with Crippen LogP contribution >= 0.6 is 0 Å². The molecule has 2 rings (SSSR count). The average Bonchev–Trinajstić information content (AvgIpc) is 2.67. The van der Waals surface area contributed by atoms with Crippen molar-refractivity contribution in [1.82, 2.24) is 19.7 Å². The Labute approximate surface area is 85.2 Å². The van der Waals surface area contributed by atoms with Crippen LogP contribution in [0.15, 0.2) is 30.9 Å². The lowest BCUT2D eigenvalue weighted by Crippen LogP contribution is -2.08. The molecule has 1 N–H and O–H groups in total. The summed E-state index contributed by atoms with van der Waals surface area (Å²) in [5.41, 5.74) is 0.814. The van der Waals surface area contributed by atoms with E-state index in [1.54, 1.807) is 24.5 Å². The molecule has 76 valence electrons. The molecule has 6 heteroatoms. The predicted octanol–water partition coefficient (Wildman–Crippen LogP) is 0.425. The molecule has 0 saturated heterocycles. The van der Waals surface area contributed by atoms with Crippen molar-refractivity contribution in [2.75, 3.05) is 0 Å². The van der Waals surface area contributed by atoms with E-state index in [1.807, 2.05) is 0 Å². The van der Waals surface area contributed by atoms with Crippen LogP contribution in [0.2, 0.25) is 0 Å². The van der Waals surface area contributed by atoms with Gasteiger partial charge < -0.3 is 5.11 Å². The minimum Gasteiger partial charge on any atom is -0.480 e. The van der Waals surface area contributed by atoms with Crippen molar-refractivity contribution < 1.29 is 9.90 Å². The van der Waals surface area contributed by atoms with Crippen molar-refractivity contribution >= 4 is 5.97 Å². The lowest BCUT2D eigenvalue weighted by Gasteiger charge is -1.94. The lowest BCUT2D eigenvalue weighted by atomic mass is 10.3. The molecule has 0 spiro atoms. The van der Waals surface area contributed by atoms with E-state index in [-0.39, 0.29) is 6.54 Å². The summed E-state index contributed by atoms with van der Waals surface area (Å²) in [7, 11) is 0. The van der Waals surface area contributed by atoms with Crippen LogP contribution in [0.25, 0.3) is 11.4 Å². The van der Waals surface area contributed by atoms with Gasteiger partial charge >= 0.3 is 5.97 Å². The Morgan fingerprint density at radius 3 is 2.80 bits per heavy atom. The number of rotatable bonds is 3. The zero-order chi connectivity index (χ0) is 10.7. The van der Waals surface area contributed by atoms with Crippen LogP contribution in [0.3, 0.4) is 0 Å². The number of nitrogens with zero attached hydrogens (tertiary/aromatic N) is 4. The fourth-order valence-electron chi connectivity index (χ4n) is 1.14. The van der Waals surface area contributed by atoms with Crippen molar-refractivity contribution in [2.45, 2.75) is 6.54 Å². The Morgan fingerprint density at radius 2 is 2.13 bits per heavy atom. The number of carboxylic acids is 1. The third-order valence-corrected chi connectivity index (χ3v) is 1.77. The quantitative estimate of drug-likeness (QED) is 0.783. The first-order valence-corrected chi connectivity index (χ1v) is 4.27. The Morgan fingerprint density at radius 1 is 1.40 bits per heavy atom. The van der Waals surface area contributed by atoms with Crippen LogP contribution in [0, 0.1) is 0 Å². The zero-order valence-corrected chi connectivity index (χ0v) is 7.74. The van der Waals surface area contributed by atoms with Crippen LogP contribution in [-0.4, -0.2) is 30.8 Å². The summed E-state index contributed by atoms with van der Waals surface area (Å²) in [6, 6.07) is 3.53. The summed E-state index contributed by atoms with van der Waals surface area (Å²) in [5.74, 6) is -0.445. The van der Waals surface area contributed by atoms with Gasteiger partial charge in [0, 0.05) is 18.0 Å². The summed E-state index contributed by atoms with van der Waals surface area (Å²) < 4.78 is 1.28. The molecule has 6 nitrogen and oxygen atoms in total. The van der Waals surface area contributed by atoms with Gasteiger partial charge in [0.2, 0.25) is 0 Å². The molecular weight excluding hydrogens is 196 g/mol. The molecule has 0 bridgehead atoms. The Bertz CT molecular complexity index is 466. The number of hydrogen-bond acceptors (Lipinski definition) is 4. The largest absolute Gasteiger partial charge is 0.480 e. The number of aliphatic carboxylic acids is 1. The molecule has 2 aromatic heterocycles. The molecule has 0 aliphatic heterocycles. The number of pyridine rings is 1. The fraction of sp³-hybridized carbons (Fsp3) is 0.111. The van der Waals surface area contributed by atoms with Gasteiger partial charge in [-0.25, -0.2) is 9.67 Å². The second-order valence-electron chi connectivity index (χ2n) is 2.90. The van der Waals surface area contributed by atoms with Gasteiger partial charge in [-0.3, -0.25) is 9.78 Å². The van der Waals surface area contributed by atoms with Crippen molar-refractivity contribution in [1.29, 1.82) is 0 Å². The van der Waals surface area contributed by atoms with Gasteiger partial charge in [0.05, 0.1) is 0 Å². The highest BCUT2D eigenvalue weighted by molar-refractivity contribution is 5.66. The number of carbonyl (C=O) groups is 1. The first-order chi connectivity index (χ1) is 7.25. The molecule has 2 aromatic rings. The second kappa shape index (κ2) is 3.87. The SMILES string of the molecule is O=C(O)Cn1cnc(-c2ccncc2)n1. The monoisotopic (exact) mass is 204 g/mol. The van der Waals surface area contributed by atoms with Crippen LogP contribution < -0.4 is 0 Å². The summed E-state index contributed by atoms with van der Waals surface area (Å²) in [5, 5.41) is 12.6. The molecular formula is C9H8N4O2. The van der Waals surface area contributed by atoms with E-state index in [0.29, 0.717) is 5.82 Å². The van der Waals surface area contributed by atoms with E-state index in [9.17, 15) is 4.79 Å². The molecule has 15 heavy (non-hydrogen) atoms. The van der Waals surface area contributed by atoms with Crippen molar-refractivity contribution in [3.05, 3.63) is 30.9 Å². The number of hydrogen-bond donors (Lipinski definition) is 1. The highest BCUT2D eigenvalue weighted by Gasteiger charge is 2.05. The van der Waals surface area contributed by atoms with Crippen molar-refractivity contribution in [3.63, 3.8) is 0 Å². The van der Waals surface area contributed by atoms with E-state index in [2.05, 4.69) is 15.1 Å². The van der Waals surface area contributed by atoms with Crippen LogP contribution in [0.4, 0.5) is 0 Å². The van der Waals surface area contributed by atoms with Gasteiger partial charge in [0.15, 0.2) is 5.82 Å². The summed E-state index contributed by atoms with van der Waals surface area (Å²) in [6.07, 6.45) is 4.66. The maximum absolute atomic E-state index is 10.4. The molecule has 0 aromatic carbocycles.